The maximum Gasteiger partial charge on any atom is 0.216 e. The number of hydrogen-bond acceptors (Lipinski definition) is 2. The van der Waals surface area contributed by atoms with E-state index in [2.05, 4.69) is 18.0 Å². The van der Waals surface area contributed by atoms with Gasteiger partial charge in [0.15, 0.2) is 0 Å². The molecule has 1 unspecified atom stereocenters. The van der Waals surface area contributed by atoms with Crippen molar-refractivity contribution < 1.29 is 4.74 Å². The molecule has 0 saturated heterocycles. The van der Waals surface area contributed by atoms with Crippen LogP contribution in [0.2, 0.25) is 0 Å². The molecular weight excluding hydrogens is 138 g/mol. The van der Waals surface area contributed by atoms with Gasteiger partial charge in [-0.1, -0.05) is 13.0 Å². The first-order valence-electron chi connectivity index (χ1n) is 3.95. The molecular formula is C9H11NO. The first kappa shape index (κ1) is 6.65. The number of pyridine rings is 1. The summed E-state index contributed by atoms with van der Waals surface area (Å²) in [7, 11) is 0. The lowest BCUT2D eigenvalue weighted by Gasteiger charge is -2.20. The van der Waals surface area contributed by atoms with Gasteiger partial charge in [0.05, 0.1) is 6.61 Å². The predicted octanol–water partition coefficient (Wildman–Crippen LogP) is 1.97. The van der Waals surface area contributed by atoms with Gasteiger partial charge in [0, 0.05) is 11.8 Å². The molecule has 2 nitrogen and oxygen atoms in total. The summed E-state index contributed by atoms with van der Waals surface area (Å²) in [6.07, 6.45) is 2.88. The van der Waals surface area contributed by atoms with E-state index in [-0.39, 0.29) is 0 Å². The van der Waals surface area contributed by atoms with Gasteiger partial charge in [-0.3, -0.25) is 0 Å². The third kappa shape index (κ3) is 1.09. The largest absolute Gasteiger partial charge is 0.477 e. The molecule has 58 valence electrons. The summed E-state index contributed by atoms with van der Waals surface area (Å²) in [5.74, 6) is 1.43. The minimum Gasteiger partial charge on any atom is -0.477 e. The number of ether oxygens (including phenoxy) is 1. The van der Waals surface area contributed by atoms with Crippen LogP contribution in [0.15, 0.2) is 18.3 Å². The Bertz CT molecular complexity index is 259. The zero-order valence-electron chi connectivity index (χ0n) is 6.58. The van der Waals surface area contributed by atoms with Crippen LogP contribution in [0.5, 0.6) is 5.88 Å². The van der Waals surface area contributed by atoms with Crippen molar-refractivity contribution in [1.82, 2.24) is 4.98 Å². The van der Waals surface area contributed by atoms with Crippen LogP contribution in [0.3, 0.4) is 0 Å². The SMILES string of the molecule is CC1CCOc2ncccc21. The second kappa shape index (κ2) is 2.53. The second-order valence-electron chi connectivity index (χ2n) is 2.94. The van der Waals surface area contributed by atoms with Crippen LogP contribution in [0.1, 0.15) is 24.8 Å². The molecule has 2 rings (SSSR count). The van der Waals surface area contributed by atoms with E-state index in [1.807, 2.05) is 6.07 Å². The molecule has 1 aliphatic heterocycles. The van der Waals surface area contributed by atoms with Gasteiger partial charge in [-0.15, -0.1) is 0 Å². The summed E-state index contributed by atoms with van der Waals surface area (Å²) in [6.45, 7) is 3.02. The van der Waals surface area contributed by atoms with Gasteiger partial charge in [-0.05, 0) is 18.4 Å². The smallest absolute Gasteiger partial charge is 0.216 e. The molecule has 0 aromatic carbocycles. The highest BCUT2D eigenvalue weighted by Crippen LogP contribution is 2.30. The van der Waals surface area contributed by atoms with Crippen molar-refractivity contribution in [2.75, 3.05) is 6.61 Å². The topological polar surface area (TPSA) is 22.1 Å². The molecule has 0 aliphatic carbocycles. The van der Waals surface area contributed by atoms with Crippen LogP contribution >= 0.6 is 0 Å². The van der Waals surface area contributed by atoms with E-state index in [9.17, 15) is 0 Å². The Morgan fingerprint density at radius 2 is 2.55 bits per heavy atom. The maximum atomic E-state index is 5.38. The molecule has 2 heterocycles. The predicted molar refractivity (Wildman–Crippen MR) is 42.8 cm³/mol. The van der Waals surface area contributed by atoms with Gasteiger partial charge < -0.3 is 4.74 Å². The molecule has 0 fully saturated rings. The van der Waals surface area contributed by atoms with Crippen LogP contribution < -0.4 is 4.74 Å². The van der Waals surface area contributed by atoms with Gasteiger partial charge in [0.1, 0.15) is 0 Å². The fourth-order valence-electron chi connectivity index (χ4n) is 1.39. The Hall–Kier alpha value is -1.05. The Balaban J connectivity index is 2.44. The quantitative estimate of drug-likeness (QED) is 0.562. The van der Waals surface area contributed by atoms with Crippen LogP contribution in [0, 0.1) is 0 Å². The van der Waals surface area contributed by atoms with E-state index in [1.165, 1.54) is 5.56 Å². The molecule has 1 aromatic rings. The van der Waals surface area contributed by atoms with Crippen molar-refractivity contribution in [3.63, 3.8) is 0 Å². The Morgan fingerprint density at radius 3 is 3.36 bits per heavy atom. The Labute approximate surface area is 66.2 Å². The summed E-state index contributed by atoms with van der Waals surface area (Å²) >= 11 is 0. The molecule has 0 radical (unpaired) electrons. The van der Waals surface area contributed by atoms with Crippen molar-refractivity contribution in [3.8, 4) is 5.88 Å². The van der Waals surface area contributed by atoms with Gasteiger partial charge in [-0.25, -0.2) is 4.98 Å². The minimum atomic E-state index is 0.604. The molecule has 1 aliphatic rings. The fraction of sp³-hybridized carbons (Fsp3) is 0.444. The average molecular weight is 149 g/mol. The van der Waals surface area contributed by atoms with Crippen molar-refractivity contribution in [1.29, 1.82) is 0 Å². The lowest BCUT2D eigenvalue weighted by molar-refractivity contribution is 0.261. The molecule has 1 atom stereocenters. The van der Waals surface area contributed by atoms with Crippen LogP contribution in [0.4, 0.5) is 0 Å². The molecule has 0 bridgehead atoms. The highest BCUT2D eigenvalue weighted by Gasteiger charge is 2.17. The van der Waals surface area contributed by atoms with Crippen LogP contribution in [-0.4, -0.2) is 11.6 Å². The second-order valence-corrected chi connectivity index (χ2v) is 2.94. The monoisotopic (exact) mass is 149 g/mol. The molecule has 0 amide bonds. The van der Waals surface area contributed by atoms with Gasteiger partial charge >= 0.3 is 0 Å². The molecule has 1 aromatic heterocycles. The fourth-order valence-corrected chi connectivity index (χ4v) is 1.39. The Kier molecular flexibility index (Phi) is 1.53. The lowest BCUT2D eigenvalue weighted by atomic mass is 9.98. The van der Waals surface area contributed by atoms with Gasteiger partial charge in [-0.2, -0.15) is 0 Å². The number of hydrogen-bond donors (Lipinski definition) is 0. The highest BCUT2D eigenvalue weighted by molar-refractivity contribution is 5.30. The van der Waals surface area contributed by atoms with Crippen molar-refractivity contribution in [3.05, 3.63) is 23.9 Å². The number of rotatable bonds is 0. The standard InChI is InChI=1S/C9H11NO/c1-7-4-6-11-9-8(7)3-2-5-10-9/h2-3,5,7H,4,6H2,1H3. The van der Waals surface area contributed by atoms with Crippen molar-refractivity contribution in [2.24, 2.45) is 0 Å². The first-order chi connectivity index (χ1) is 5.38. The minimum absolute atomic E-state index is 0.604. The van der Waals surface area contributed by atoms with E-state index in [4.69, 9.17) is 4.74 Å². The summed E-state index contributed by atoms with van der Waals surface area (Å²) in [5.41, 5.74) is 1.25. The zero-order valence-corrected chi connectivity index (χ0v) is 6.58. The summed E-state index contributed by atoms with van der Waals surface area (Å²) < 4.78 is 5.38. The summed E-state index contributed by atoms with van der Waals surface area (Å²) in [6, 6.07) is 4.05. The van der Waals surface area contributed by atoms with E-state index < -0.39 is 0 Å². The summed E-state index contributed by atoms with van der Waals surface area (Å²) in [5, 5.41) is 0. The zero-order chi connectivity index (χ0) is 7.68. The van der Waals surface area contributed by atoms with E-state index in [0.717, 1.165) is 18.9 Å². The first-order valence-corrected chi connectivity index (χ1v) is 3.95. The van der Waals surface area contributed by atoms with E-state index in [0.29, 0.717) is 5.92 Å². The number of nitrogens with zero attached hydrogens (tertiary/aromatic N) is 1. The van der Waals surface area contributed by atoms with Gasteiger partial charge in [0.2, 0.25) is 5.88 Å². The lowest BCUT2D eigenvalue weighted by Crippen LogP contribution is -2.12. The molecule has 0 saturated carbocycles. The van der Waals surface area contributed by atoms with Crippen molar-refractivity contribution >= 4 is 0 Å². The van der Waals surface area contributed by atoms with Crippen LogP contribution in [0.25, 0.3) is 0 Å². The number of aromatic nitrogens is 1. The number of fused-ring (bicyclic) bond motifs is 1. The Morgan fingerprint density at radius 1 is 1.64 bits per heavy atom. The van der Waals surface area contributed by atoms with Gasteiger partial charge in [0.25, 0.3) is 0 Å². The molecule has 11 heavy (non-hydrogen) atoms. The van der Waals surface area contributed by atoms with Crippen LogP contribution in [-0.2, 0) is 0 Å². The molecule has 0 N–H and O–H groups in total. The maximum absolute atomic E-state index is 5.38. The third-order valence-corrected chi connectivity index (χ3v) is 2.12. The van der Waals surface area contributed by atoms with E-state index in [1.54, 1.807) is 6.20 Å². The van der Waals surface area contributed by atoms with Crippen molar-refractivity contribution in [2.45, 2.75) is 19.3 Å². The average Bonchev–Trinajstić information content (AvgIpc) is 2.06. The van der Waals surface area contributed by atoms with E-state index >= 15 is 0 Å². The highest BCUT2D eigenvalue weighted by atomic mass is 16.5. The molecule has 0 spiro atoms. The normalized spacial score (nSPS) is 22.1. The molecule has 2 heteroatoms. The summed E-state index contributed by atoms with van der Waals surface area (Å²) in [4.78, 5) is 4.15. The third-order valence-electron chi connectivity index (χ3n) is 2.12.